The van der Waals surface area contributed by atoms with Gasteiger partial charge in [-0.05, 0) is 19.1 Å². The van der Waals surface area contributed by atoms with E-state index in [-0.39, 0.29) is 11.5 Å². The van der Waals surface area contributed by atoms with Gasteiger partial charge in [0.1, 0.15) is 0 Å². The molecule has 1 aliphatic rings. The van der Waals surface area contributed by atoms with E-state index in [1.807, 2.05) is 4.90 Å². The predicted octanol–water partition coefficient (Wildman–Crippen LogP) is 0.846. The van der Waals surface area contributed by atoms with E-state index in [4.69, 9.17) is 5.26 Å². The van der Waals surface area contributed by atoms with Crippen LogP contribution in [0.1, 0.15) is 24.2 Å². The minimum absolute atomic E-state index is 0.114. The molecular formula is C13H16N2O3S. The van der Waals surface area contributed by atoms with Crippen LogP contribution in [-0.4, -0.2) is 38.1 Å². The average molecular weight is 280 g/mol. The second kappa shape index (κ2) is 5.19. The topological polar surface area (TPSA) is 81.4 Å². The molecule has 0 amide bonds. The van der Waals surface area contributed by atoms with Crippen molar-refractivity contribution in [1.29, 1.82) is 5.26 Å². The van der Waals surface area contributed by atoms with Crippen molar-refractivity contribution < 1.29 is 13.5 Å². The van der Waals surface area contributed by atoms with Crippen molar-refractivity contribution in [2.24, 2.45) is 0 Å². The van der Waals surface area contributed by atoms with E-state index in [2.05, 4.69) is 6.07 Å². The summed E-state index contributed by atoms with van der Waals surface area (Å²) < 4.78 is 22.9. The van der Waals surface area contributed by atoms with Crippen LogP contribution in [0.3, 0.4) is 0 Å². The van der Waals surface area contributed by atoms with Crippen molar-refractivity contribution in [3.05, 3.63) is 29.3 Å². The first-order chi connectivity index (χ1) is 8.93. The van der Waals surface area contributed by atoms with Gasteiger partial charge in [0.2, 0.25) is 0 Å². The van der Waals surface area contributed by atoms with Crippen molar-refractivity contribution >= 4 is 15.5 Å². The summed E-state index contributed by atoms with van der Waals surface area (Å²) in [4.78, 5) is 1.92. The number of sulfone groups is 1. The fourth-order valence-electron chi connectivity index (χ4n) is 2.19. The monoisotopic (exact) mass is 280 g/mol. The molecule has 0 aliphatic carbocycles. The Hall–Kier alpha value is -1.58. The molecule has 1 aromatic carbocycles. The van der Waals surface area contributed by atoms with Crippen LogP contribution in [0.5, 0.6) is 0 Å². The first-order valence-electron chi connectivity index (χ1n) is 6.10. The van der Waals surface area contributed by atoms with Gasteiger partial charge in [-0.1, -0.05) is 6.07 Å². The molecule has 5 nitrogen and oxygen atoms in total. The quantitative estimate of drug-likeness (QED) is 0.868. The van der Waals surface area contributed by atoms with Crippen molar-refractivity contribution in [2.75, 3.05) is 29.5 Å². The number of anilines is 1. The highest BCUT2D eigenvalue weighted by Gasteiger charge is 2.24. The van der Waals surface area contributed by atoms with E-state index >= 15 is 0 Å². The number of aliphatic hydroxyl groups is 1. The first kappa shape index (κ1) is 13.8. The summed E-state index contributed by atoms with van der Waals surface area (Å²) in [6.45, 7) is 2.46. The molecule has 0 radical (unpaired) electrons. The van der Waals surface area contributed by atoms with Gasteiger partial charge in [-0.2, -0.15) is 5.26 Å². The van der Waals surface area contributed by atoms with Crippen molar-refractivity contribution in [3.63, 3.8) is 0 Å². The Labute approximate surface area is 113 Å². The molecule has 1 aromatic rings. The van der Waals surface area contributed by atoms with Crippen LogP contribution < -0.4 is 4.90 Å². The lowest BCUT2D eigenvalue weighted by molar-refractivity contribution is 0.199. The molecular weight excluding hydrogens is 264 g/mol. The molecule has 1 N–H and O–H groups in total. The van der Waals surface area contributed by atoms with Gasteiger partial charge in [-0.3, -0.25) is 0 Å². The fourth-order valence-corrected chi connectivity index (χ4v) is 3.39. The third-order valence-corrected chi connectivity index (χ3v) is 4.90. The summed E-state index contributed by atoms with van der Waals surface area (Å²) in [6, 6.07) is 7.15. The Balaban J connectivity index is 2.35. The lowest BCUT2D eigenvalue weighted by atomic mass is 10.0. The van der Waals surface area contributed by atoms with Crippen LogP contribution in [0.4, 0.5) is 5.69 Å². The van der Waals surface area contributed by atoms with Crippen LogP contribution in [0.25, 0.3) is 0 Å². The Morgan fingerprint density at radius 3 is 2.53 bits per heavy atom. The highest BCUT2D eigenvalue weighted by atomic mass is 32.2. The second-order valence-corrected chi connectivity index (χ2v) is 7.00. The Bertz CT molecular complexity index is 603. The lowest BCUT2D eigenvalue weighted by Crippen LogP contribution is -2.40. The Morgan fingerprint density at radius 1 is 1.37 bits per heavy atom. The van der Waals surface area contributed by atoms with Crippen molar-refractivity contribution in [1.82, 2.24) is 0 Å². The van der Waals surface area contributed by atoms with Gasteiger partial charge in [0.25, 0.3) is 0 Å². The first-order valence-corrected chi connectivity index (χ1v) is 7.92. The summed E-state index contributed by atoms with van der Waals surface area (Å²) >= 11 is 0. The molecule has 19 heavy (non-hydrogen) atoms. The number of nitriles is 1. The number of hydrogen-bond donors (Lipinski definition) is 1. The summed E-state index contributed by atoms with van der Waals surface area (Å²) in [5.74, 6) is 0.228. The minimum Gasteiger partial charge on any atom is -0.389 e. The maximum Gasteiger partial charge on any atom is 0.153 e. The third-order valence-electron chi connectivity index (χ3n) is 3.29. The summed E-state index contributed by atoms with van der Waals surface area (Å²) in [7, 11) is -2.94. The lowest BCUT2D eigenvalue weighted by Gasteiger charge is -2.31. The van der Waals surface area contributed by atoms with E-state index in [1.165, 1.54) is 0 Å². The van der Waals surface area contributed by atoms with Gasteiger partial charge in [0, 0.05) is 24.3 Å². The molecule has 0 spiro atoms. The molecule has 102 valence electrons. The molecule has 0 bridgehead atoms. The molecule has 1 aliphatic heterocycles. The molecule has 1 atom stereocenters. The van der Waals surface area contributed by atoms with Gasteiger partial charge in [0.15, 0.2) is 9.84 Å². The average Bonchev–Trinajstić information content (AvgIpc) is 2.38. The zero-order valence-electron chi connectivity index (χ0n) is 10.7. The fraction of sp³-hybridized carbons (Fsp3) is 0.462. The Morgan fingerprint density at radius 2 is 2.00 bits per heavy atom. The summed E-state index contributed by atoms with van der Waals surface area (Å²) in [5, 5.41) is 18.7. The molecule has 0 unspecified atom stereocenters. The number of hydrogen-bond acceptors (Lipinski definition) is 5. The van der Waals surface area contributed by atoms with Crippen LogP contribution in [0, 0.1) is 11.3 Å². The SMILES string of the molecule is C[C@@H](O)c1ccc(C#N)cc1N1CCS(=O)(=O)CC1. The molecule has 1 fully saturated rings. The van der Waals surface area contributed by atoms with Crippen LogP contribution >= 0.6 is 0 Å². The van der Waals surface area contributed by atoms with E-state index < -0.39 is 15.9 Å². The van der Waals surface area contributed by atoms with Crippen molar-refractivity contribution in [2.45, 2.75) is 13.0 Å². The maximum atomic E-state index is 11.4. The second-order valence-electron chi connectivity index (χ2n) is 4.70. The van der Waals surface area contributed by atoms with E-state index in [1.54, 1.807) is 25.1 Å². The normalized spacial score (nSPS) is 19.7. The van der Waals surface area contributed by atoms with Crippen molar-refractivity contribution in [3.8, 4) is 6.07 Å². The number of rotatable bonds is 2. The summed E-state index contributed by atoms with van der Waals surface area (Å²) in [6.07, 6.45) is -0.652. The van der Waals surface area contributed by atoms with E-state index in [0.29, 0.717) is 18.7 Å². The zero-order valence-corrected chi connectivity index (χ0v) is 11.5. The largest absolute Gasteiger partial charge is 0.389 e. The molecule has 1 saturated heterocycles. The highest BCUT2D eigenvalue weighted by molar-refractivity contribution is 7.91. The van der Waals surface area contributed by atoms with Gasteiger partial charge < -0.3 is 10.0 Å². The zero-order chi connectivity index (χ0) is 14.0. The molecule has 0 aromatic heterocycles. The van der Waals surface area contributed by atoms with Crippen LogP contribution in [-0.2, 0) is 9.84 Å². The molecule has 2 rings (SSSR count). The number of nitrogens with zero attached hydrogens (tertiary/aromatic N) is 2. The maximum absolute atomic E-state index is 11.4. The van der Waals surface area contributed by atoms with Crippen LogP contribution in [0.15, 0.2) is 18.2 Å². The third kappa shape index (κ3) is 3.06. The van der Waals surface area contributed by atoms with Crippen LogP contribution in [0.2, 0.25) is 0 Å². The standard InChI is InChI=1S/C13H16N2O3S/c1-10(16)12-3-2-11(9-14)8-13(12)15-4-6-19(17,18)7-5-15/h2-3,8,10,16H,4-7H2,1H3/t10-/m1/s1. The Kier molecular flexibility index (Phi) is 3.78. The van der Waals surface area contributed by atoms with Gasteiger partial charge in [0.05, 0.1) is 29.2 Å². The van der Waals surface area contributed by atoms with E-state index in [9.17, 15) is 13.5 Å². The number of aliphatic hydroxyl groups excluding tert-OH is 1. The van der Waals surface area contributed by atoms with Gasteiger partial charge in [-0.15, -0.1) is 0 Å². The smallest absolute Gasteiger partial charge is 0.153 e. The highest BCUT2D eigenvalue weighted by Crippen LogP contribution is 2.28. The predicted molar refractivity (Wildman–Crippen MR) is 72.7 cm³/mol. The van der Waals surface area contributed by atoms with Gasteiger partial charge in [-0.25, -0.2) is 8.42 Å². The molecule has 1 heterocycles. The summed E-state index contributed by atoms with van der Waals surface area (Å²) in [5.41, 5.74) is 1.98. The van der Waals surface area contributed by atoms with E-state index in [0.717, 1.165) is 11.3 Å². The van der Waals surface area contributed by atoms with Gasteiger partial charge >= 0.3 is 0 Å². The molecule has 0 saturated carbocycles. The number of benzene rings is 1. The minimum atomic E-state index is -2.94. The molecule has 6 heteroatoms.